The summed E-state index contributed by atoms with van der Waals surface area (Å²) >= 11 is 0. The van der Waals surface area contributed by atoms with Crippen molar-refractivity contribution in [3.05, 3.63) is 35.4 Å². The van der Waals surface area contributed by atoms with Crippen molar-refractivity contribution in [3.8, 4) is 0 Å². The number of aliphatic carboxylic acids is 1. The first-order valence-electron chi connectivity index (χ1n) is 7.98. The van der Waals surface area contributed by atoms with E-state index in [1.54, 1.807) is 4.90 Å². The number of hydrogen-bond acceptors (Lipinski definition) is 2. The number of likely N-dealkylation sites (tertiary alicyclic amines) is 1. The van der Waals surface area contributed by atoms with Crippen LogP contribution in [-0.4, -0.2) is 35.0 Å². The minimum Gasteiger partial charge on any atom is -0.481 e. The molecular weight excluding hydrogens is 278 g/mol. The van der Waals surface area contributed by atoms with Crippen LogP contribution in [0.5, 0.6) is 0 Å². The van der Waals surface area contributed by atoms with Gasteiger partial charge in [0.2, 0.25) is 5.91 Å². The Hall–Kier alpha value is -1.84. The molecule has 1 saturated heterocycles. The summed E-state index contributed by atoms with van der Waals surface area (Å²) in [5.74, 6) is -0.746. The normalized spacial score (nSPS) is 21.4. The number of carbonyl (C=O) groups excluding carboxylic acids is 1. The summed E-state index contributed by atoms with van der Waals surface area (Å²) in [6.07, 6.45) is 1.87. The molecular formula is C18H25NO3. The van der Waals surface area contributed by atoms with Gasteiger partial charge in [-0.05, 0) is 29.9 Å². The molecule has 22 heavy (non-hydrogen) atoms. The number of benzene rings is 1. The van der Waals surface area contributed by atoms with Gasteiger partial charge in [-0.15, -0.1) is 0 Å². The summed E-state index contributed by atoms with van der Waals surface area (Å²) in [4.78, 5) is 25.8. The van der Waals surface area contributed by atoms with Gasteiger partial charge in [-0.25, -0.2) is 0 Å². The van der Waals surface area contributed by atoms with Crippen LogP contribution in [0.15, 0.2) is 24.3 Å². The van der Waals surface area contributed by atoms with E-state index in [0.717, 1.165) is 12.0 Å². The molecule has 2 rings (SSSR count). The molecule has 1 amide bonds. The minimum absolute atomic E-state index is 0.0200. The molecule has 1 fully saturated rings. The number of rotatable bonds is 5. The number of amides is 1. The highest BCUT2D eigenvalue weighted by molar-refractivity contribution is 5.82. The van der Waals surface area contributed by atoms with Crippen molar-refractivity contribution in [2.24, 2.45) is 11.3 Å². The van der Waals surface area contributed by atoms with Gasteiger partial charge in [-0.2, -0.15) is 0 Å². The van der Waals surface area contributed by atoms with Gasteiger partial charge in [0.05, 0.1) is 11.8 Å². The van der Waals surface area contributed by atoms with Crippen molar-refractivity contribution >= 4 is 11.9 Å². The van der Waals surface area contributed by atoms with Crippen LogP contribution in [0.2, 0.25) is 0 Å². The predicted molar refractivity (Wildman–Crippen MR) is 85.6 cm³/mol. The van der Waals surface area contributed by atoms with E-state index in [0.29, 0.717) is 25.9 Å². The van der Waals surface area contributed by atoms with Gasteiger partial charge in [0, 0.05) is 13.1 Å². The second-order valence-corrected chi connectivity index (χ2v) is 6.53. The zero-order valence-electron chi connectivity index (χ0n) is 13.6. The smallest absolute Gasteiger partial charge is 0.311 e. The van der Waals surface area contributed by atoms with E-state index in [1.165, 1.54) is 5.56 Å². The Morgan fingerprint density at radius 3 is 2.27 bits per heavy atom. The maximum absolute atomic E-state index is 12.4. The van der Waals surface area contributed by atoms with E-state index in [9.17, 15) is 14.7 Å². The highest BCUT2D eigenvalue weighted by atomic mass is 16.4. The molecule has 0 aliphatic carbocycles. The van der Waals surface area contributed by atoms with E-state index >= 15 is 0 Å². The van der Waals surface area contributed by atoms with Crippen molar-refractivity contribution in [1.29, 1.82) is 0 Å². The quantitative estimate of drug-likeness (QED) is 0.910. The van der Waals surface area contributed by atoms with E-state index < -0.39 is 11.4 Å². The number of carboxylic acid groups (broad SMARTS) is 1. The summed E-state index contributed by atoms with van der Waals surface area (Å²) in [6, 6.07) is 8.06. The molecule has 0 radical (unpaired) electrons. The molecule has 4 heteroatoms. The summed E-state index contributed by atoms with van der Waals surface area (Å²) in [7, 11) is 0. The monoisotopic (exact) mass is 303 g/mol. The van der Waals surface area contributed by atoms with Gasteiger partial charge in [0.1, 0.15) is 0 Å². The molecule has 1 aromatic rings. The predicted octanol–water partition coefficient (Wildman–Crippen LogP) is 2.75. The molecule has 4 nitrogen and oxygen atoms in total. The third-order valence-corrected chi connectivity index (χ3v) is 4.97. The second-order valence-electron chi connectivity index (χ2n) is 6.53. The molecule has 120 valence electrons. The highest BCUT2D eigenvalue weighted by Gasteiger charge is 2.48. The summed E-state index contributed by atoms with van der Waals surface area (Å²) in [5, 5.41) is 9.54. The lowest BCUT2D eigenvalue weighted by atomic mass is 9.76. The number of carboxylic acids is 1. The maximum atomic E-state index is 12.4. The fourth-order valence-electron chi connectivity index (χ4n) is 3.12. The number of aryl methyl sites for hydroxylation is 1. The first-order valence-corrected chi connectivity index (χ1v) is 7.98. The van der Waals surface area contributed by atoms with Gasteiger partial charge in [-0.1, -0.05) is 45.0 Å². The van der Waals surface area contributed by atoms with E-state index in [1.807, 2.05) is 38.1 Å². The van der Waals surface area contributed by atoms with Gasteiger partial charge >= 0.3 is 5.97 Å². The molecule has 0 spiro atoms. The van der Waals surface area contributed by atoms with Crippen molar-refractivity contribution in [2.75, 3.05) is 13.1 Å². The third kappa shape index (κ3) is 3.16. The lowest BCUT2D eigenvalue weighted by Gasteiger charge is -2.28. The summed E-state index contributed by atoms with van der Waals surface area (Å²) in [6.45, 7) is 6.81. The van der Waals surface area contributed by atoms with Gasteiger partial charge in [0.25, 0.3) is 0 Å². The Balaban J connectivity index is 2.03. The molecule has 1 aromatic carbocycles. The summed E-state index contributed by atoms with van der Waals surface area (Å²) < 4.78 is 0. The Kier molecular flexibility index (Phi) is 4.89. The minimum atomic E-state index is -0.790. The molecule has 1 N–H and O–H groups in total. The van der Waals surface area contributed by atoms with Crippen LogP contribution < -0.4 is 0 Å². The highest BCUT2D eigenvalue weighted by Crippen LogP contribution is 2.38. The Morgan fingerprint density at radius 1 is 1.23 bits per heavy atom. The zero-order valence-corrected chi connectivity index (χ0v) is 13.6. The number of carbonyl (C=O) groups is 2. The molecule has 1 aliphatic rings. The van der Waals surface area contributed by atoms with E-state index in [4.69, 9.17) is 0 Å². The van der Waals surface area contributed by atoms with Crippen LogP contribution in [0.25, 0.3) is 0 Å². The third-order valence-electron chi connectivity index (χ3n) is 4.97. The fraction of sp³-hybridized carbons (Fsp3) is 0.556. The lowest BCUT2D eigenvalue weighted by Crippen LogP contribution is -2.41. The Labute approximate surface area is 132 Å². The van der Waals surface area contributed by atoms with E-state index in [2.05, 4.69) is 6.92 Å². The average Bonchev–Trinajstić information content (AvgIpc) is 2.95. The topological polar surface area (TPSA) is 57.6 Å². The Bertz CT molecular complexity index is 550. The largest absolute Gasteiger partial charge is 0.481 e. The molecule has 0 bridgehead atoms. The average molecular weight is 303 g/mol. The molecule has 1 atom stereocenters. The van der Waals surface area contributed by atoms with Gasteiger partial charge in [0.15, 0.2) is 0 Å². The molecule has 1 aliphatic heterocycles. The first-order chi connectivity index (χ1) is 10.4. The van der Waals surface area contributed by atoms with Crippen LogP contribution in [0.3, 0.4) is 0 Å². The van der Waals surface area contributed by atoms with Crippen LogP contribution >= 0.6 is 0 Å². The Morgan fingerprint density at radius 2 is 1.82 bits per heavy atom. The SMILES string of the molecule is CCc1ccc(CC(=O)N2CCC(C(=O)O)(C(C)C)C2)cc1. The maximum Gasteiger partial charge on any atom is 0.311 e. The molecule has 0 aromatic heterocycles. The molecule has 0 saturated carbocycles. The summed E-state index contributed by atoms with van der Waals surface area (Å²) in [5.41, 5.74) is 1.45. The molecule has 1 heterocycles. The van der Waals surface area contributed by atoms with Crippen LogP contribution in [0, 0.1) is 11.3 Å². The number of nitrogens with zero attached hydrogens (tertiary/aromatic N) is 1. The van der Waals surface area contributed by atoms with Crippen molar-refractivity contribution < 1.29 is 14.7 Å². The second kappa shape index (κ2) is 6.51. The van der Waals surface area contributed by atoms with Crippen LogP contribution in [0.1, 0.15) is 38.3 Å². The van der Waals surface area contributed by atoms with Crippen molar-refractivity contribution in [1.82, 2.24) is 4.90 Å². The standard InChI is InChI=1S/C18H25NO3/c1-4-14-5-7-15(8-6-14)11-16(20)19-10-9-18(12-19,13(2)3)17(21)22/h5-8,13H,4,9-12H2,1-3H3,(H,21,22). The van der Waals surface area contributed by atoms with Crippen molar-refractivity contribution in [2.45, 2.75) is 40.0 Å². The zero-order chi connectivity index (χ0) is 16.3. The van der Waals surface area contributed by atoms with Crippen molar-refractivity contribution in [3.63, 3.8) is 0 Å². The molecule has 1 unspecified atom stereocenters. The van der Waals surface area contributed by atoms with Gasteiger partial charge < -0.3 is 10.0 Å². The number of hydrogen-bond donors (Lipinski definition) is 1. The van der Waals surface area contributed by atoms with Crippen LogP contribution in [0.4, 0.5) is 0 Å². The van der Waals surface area contributed by atoms with Gasteiger partial charge in [-0.3, -0.25) is 9.59 Å². The van der Waals surface area contributed by atoms with E-state index in [-0.39, 0.29) is 11.8 Å². The first kappa shape index (κ1) is 16.5. The fourth-order valence-corrected chi connectivity index (χ4v) is 3.12. The van der Waals surface area contributed by atoms with Crippen LogP contribution in [-0.2, 0) is 22.4 Å². The lowest BCUT2D eigenvalue weighted by molar-refractivity contribution is -0.151.